The maximum Gasteiger partial charge on any atom is 0.328 e. The number of halogens is 1. The Bertz CT molecular complexity index is 1180. The van der Waals surface area contributed by atoms with Crippen LogP contribution in [-0.2, 0) is 30.8 Å². The Morgan fingerprint density at radius 2 is 1.94 bits per heavy atom. The van der Waals surface area contributed by atoms with Crippen LogP contribution in [0, 0.1) is 0 Å². The summed E-state index contributed by atoms with van der Waals surface area (Å²) in [6.45, 7) is 2.69. The first-order chi connectivity index (χ1) is 15.0. The molecule has 0 saturated carbocycles. The monoisotopic (exact) mass is 479 g/mol. The molecule has 0 spiro atoms. The maximum absolute atomic E-state index is 12.7. The van der Waals surface area contributed by atoms with Gasteiger partial charge in [0.15, 0.2) is 6.61 Å². The van der Waals surface area contributed by atoms with Crippen LogP contribution >= 0.6 is 11.6 Å². The summed E-state index contributed by atoms with van der Waals surface area (Å²) in [7, 11) is -3.86. The molecule has 3 rings (SSSR count). The smallest absolute Gasteiger partial charge is 0.328 e. The molecule has 9 nitrogen and oxygen atoms in total. The minimum absolute atomic E-state index is 0.0349. The Labute approximate surface area is 190 Å². The Morgan fingerprint density at radius 1 is 1.25 bits per heavy atom. The van der Waals surface area contributed by atoms with Crippen molar-refractivity contribution < 1.29 is 27.5 Å². The molecule has 0 aliphatic carbocycles. The van der Waals surface area contributed by atoms with Crippen molar-refractivity contribution in [3.63, 3.8) is 0 Å². The van der Waals surface area contributed by atoms with Gasteiger partial charge in [0.25, 0.3) is 11.8 Å². The van der Waals surface area contributed by atoms with E-state index in [-0.39, 0.29) is 21.5 Å². The van der Waals surface area contributed by atoms with Gasteiger partial charge in [0.05, 0.1) is 15.5 Å². The maximum atomic E-state index is 12.7. The van der Waals surface area contributed by atoms with Crippen molar-refractivity contribution in [3.8, 4) is 0 Å². The molecule has 11 heteroatoms. The van der Waals surface area contributed by atoms with Crippen molar-refractivity contribution in [1.29, 1.82) is 0 Å². The second-order valence-electron chi connectivity index (χ2n) is 7.44. The number of hydrogen-bond acceptors (Lipinski definition) is 6. The van der Waals surface area contributed by atoms with Gasteiger partial charge in [-0.25, -0.2) is 18.4 Å². The molecule has 32 heavy (non-hydrogen) atoms. The zero-order valence-corrected chi connectivity index (χ0v) is 18.9. The average Bonchev–Trinajstić information content (AvgIpc) is 3.06. The first-order valence-corrected chi connectivity index (χ1v) is 11.6. The van der Waals surface area contributed by atoms with Gasteiger partial charge in [-0.15, -0.1) is 0 Å². The minimum Gasteiger partial charge on any atom is -0.454 e. The van der Waals surface area contributed by atoms with Crippen LogP contribution in [0.1, 0.15) is 29.8 Å². The van der Waals surface area contributed by atoms with Crippen LogP contribution in [0.2, 0.25) is 5.02 Å². The highest BCUT2D eigenvalue weighted by Crippen LogP contribution is 2.33. The van der Waals surface area contributed by atoms with Crippen molar-refractivity contribution in [2.24, 2.45) is 5.14 Å². The molecule has 2 aromatic rings. The van der Waals surface area contributed by atoms with E-state index in [1.807, 2.05) is 0 Å². The molecule has 1 heterocycles. The number of primary sulfonamides is 1. The highest BCUT2D eigenvalue weighted by molar-refractivity contribution is 7.89. The molecule has 2 atom stereocenters. The number of amides is 2. The van der Waals surface area contributed by atoms with E-state index in [1.165, 1.54) is 36.1 Å². The summed E-state index contributed by atoms with van der Waals surface area (Å²) in [5.74, 6) is -1.80. The molecule has 1 aliphatic rings. The van der Waals surface area contributed by atoms with Crippen molar-refractivity contribution in [3.05, 3.63) is 58.6 Å². The Hall–Kier alpha value is -2.95. The number of esters is 1. The predicted octanol–water partition coefficient (Wildman–Crippen LogP) is 1.63. The lowest BCUT2D eigenvalue weighted by Crippen LogP contribution is -2.42. The number of nitrogens with two attached hydrogens (primary N) is 1. The molecule has 0 radical (unpaired) electrons. The molecule has 0 aromatic heterocycles. The minimum atomic E-state index is -3.86. The third-order valence-electron chi connectivity index (χ3n) is 5.02. The molecule has 0 fully saturated rings. The molecule has 0 bridgehead atoms. The third-order valence-corrected chi connectivity index (χ3v) is 6.26. The number of anilines is 1. The standard InChI is InChI=1S/C21H22ClN3O6S/c1-12-9-14-10-15(32(23,29)30)7-8-18(14)25(12)19(26)11-31-21(28)13(2)24-20(27)16-5-3-4-6-17(16)22/h3-8,10,12-13H,9,11H2,1-2H3,(H,24,27)(H2,23,29,30)/t12?,13-/m0/s1. The molecule has 1 unspecified atom stereocenters. The summed E-state index contributed by atoms with van der Waals surface area (Å²) in [4.78, 5) is 38.7. The summed E-state index contributed by atoms with van der Waals surface area (Å²) in [5, 5.41) is 7.89. The zero-order valence-electron chi connectivity index (χ0n) is 17.4. The fourth-order valence-corrected chi connectivity index (χ4v) is 4.26. The molecule has 1 aliphatic heterocycles. The zero-order chi connectivity index (χ0) is 23.6. The fraction of sp³-hybridized carbons (Fsp3) is 0.286. The summed E-state index contributed by atoms with van der Waals surface area (Å²) in [6, 6.07) is 9.39. The van der Waals surface area contributed by atoms with Crippen LogP contribution in [-0.4, -0.2) is 44.9 Å². The molecular formula is C21H22ClN3O6S. The molecular weight excluding hydrogens is 458 g/mol. The lowest BCUT2D eigenvalue weighted by molar-refractivity contribution is -0.149. The van der Waals surface area contributed by atoms with Crippen molar-refractivity contribution in [2.45, 2.75) is 37.2 Å². The lowest BCUT2D eigenvalue weighted by atomic mass is 10.1. The van der Waals surface area contributed by atoms with Gasteiger partial charge in [-0.2, -0.15) is 0 Å². The van der Waals surface area contributed by atoms with Crippen LogP contribution in [0.25, 0.3) is 0 Å². The largest absolute Gasteiger partial charge is 0.454 e. The second kappa shape index (κ2) is 9.27. The van der Waals surface area contributed by atoms with Crippen LogP contribution in [0.4, 0.5) is 5.69 Å². The van der Waals surface area contributed by atoms with E-state index >= 15 is 0 Å². The summed E-state index contributed by atoms with van der Waals surface area (Å²) in [6.07, 6.45) is 0.433. The molecule has 2 aromatic carbocycles. The van der Waals surface area contributed by atoms with Gasteiger partial charge in [0.2, 0.25) is 10.0 Å². The number of hydrogen-bond donors (Lipinski definition) is 2. The van der Waals surface area contributed by atoms with Gasteiger partial charge in [-0.05, 0) is 56.2 Å². The van der Waals surface area contributed by atoms with E-state index in [1.54, 1.807) is 25.1 Å². The number of ether oxygens (including phenoxy) is 1. The van der Waals surface area contributed by atoms with Gasteiger partial charge >= 0.3 is 5.97 Å². The van der Waals surface area contributed by atoms with Gasteiger partial charge in [0, 0.05) is 11.7 Å². The number of rotatable bonds is 6. The predicted molar refractivity (Wildman–Crippen MR) is 118 cm³/mol. The number of fused-ring (bicyclic) bond motifs is 1. The van der Waals surface area contributed by atoms with Crippen molar-refractivity contribution in [2.75, 3.05) is 11.5 Å². The highest BCUT2D eigenvalue weighted by Gasteiger charge is 2.32. The van der Waals surface area contributed by atoms with E-state index < -0.39 is 40.5 Å². The molecule has 0 saturated heterocycles. The number of carbonyl (C=O) groups is 3. The van der Waals surface area contributed by atoms with E-state index in [9.17, 15) is 22.8 Å². The molecule has 170 valence electrons. The van der Waals surface area contributed by atoms with E-state index in [4.69, 9.17) is 21.5 Å². The van der Waals surface area contributed by atoms with Crippen LogP contribution < -0.4 is 15.4 Å². The normalized spacial score (nSPS) is 16.2. The topological polar surface area (TPSA) is 136 Å². The van der Waals surface area contributed by atoms with E-state index in [2.05, 4.69) is 5.32 Å². The average molecular weight is 480 g/mol. The van der Waals surface area contributed by atoms with Gasteiger partial charge in [0.1, 0.15) is 6.04 Å². The Morgan fingerprint density at radius 3 is 2.59 bits per heavy atom. The Kier molecular flexibility index (Phi) is 6.87. The van der Waals surface area contributed by atoms with Crippen LogP contribution in [0.5, 0.6) is 0 Å². The summed E-state index contributed by atoms with van der Waals surface area (Å²) < 4.78 is 28.2. The van der Waals surface area contributed by atoms with Gasteiger partial charge in [-0.1, -0.05) is 23.7 Å². The first-order valence-electron chi connectivity index (χ1n) is 9.69. The Balaban J connectivity index is 1.61. The van der Waals surface area contributed by atoms with Crippen molar-refractivity contribution in [1.82, 2.24) is 5.32 Å². The van der Waals surface area contributed by atoms with Gasteiger partial charge in [-0.3, -0.25) is 9.59 Å². The van der Waals surface area contributed by atoms with E-state index in [0.717, 1.165) is 0 Å². The lowest BCUT2D eigenvalue weighted by Gasteiger charge is -2.23. The quantitative estimate of drug-likeness (QED) is 0.604. The summed E-state index contributed by atoms with van der Waals surface area (Å²) >= 11 is 5.98. The number of carbonyl (C=O) groups excluding carboxylic acids is 3. The number of nitrogens with one attached hydrogen (secondary N) is 1. The van der Waals surface area contributed by atoms with E-state index in [0.29, 0.717) is 17.7 Å². The second-order valence-corrected chi connectivity index (χ2v) is 9.40. The number of nitrogens with zero attached hydrogens (tertiary/aromatic N) is 1. The van der Waals surface area contributed by atoms with Crippen LogP contribution in [0.15, 0.2) is 47.4 Å². The summed E-state index contributed by atoms with van der Waals surface area (Å²) in [5.41, 5.74) is 1.40. The third kappa shape index (κ3) is 5.09. The highest BCUT2D eigenvalue weighted by atomic mass is 35.5. The fourth-order valence-electron chi connectivity index (χ4n) is 3.47. The molecule has 2 amide bonds. The number of sulfonamides is 1. The van der Waals surface area contributed by atoms with Gasteiger partial charge < -0.3 is 15.0 Å². The number of benzene rings is 2. The van der Waals surface area contributed by atoms with Crippen molar-refractivity contribution >= 4 is 45.1 Å². The first kappa shape index (κ1) is 23.7. The molecule has 3 N–H and O–H groups in total. The van der Waals surface area contributed by atoms with Crippen LogP contribution in [0.3, 0.4) is 0 Å². The SMILES string of the molecule is CC1Cc2cc(S(N)(=O)=O)ccc2N1C(=O)COC(=O)[C@H](C)NC(=O)c1ccccc1Cl.